The molecule has 7 heteroatoms. The molecule has 0 amide bonds. The van der Waals surface area contributed by atoms with Gasteiger partial charge >= 0.3 is 0 Å². The number of nitrogens with zero attached hydrogens (tertiary/aromatic N) is 1. The van der Waals surface area contributed by atoms with Crippen molar-refractivity contribution in [3.63, 3.8) is 0 Å². The number of aliphatic hydroxyl groups is 1. The molecule has 0 bridgehead atoms. The summed E-state index contributed by atoms with van der Waals surface area (Å²) >= 11 is 0. The third-order valence-corrected chi connectivity index (χ3v) is 14.7. The molecule has 0 saturated carbocycles. The monoisotopic (exact) mass is 883 g/mol. The summed E-state index contributed by atoms with van der Waals surface area (Å²) in [5.41, 5.74) is 6.71. The minimum absolute atomic E-state index is 0. The van der Waals surface area contributed by atoms with Gasteiger partial charge in [0.2, 0.25) is 0 Å². The van der Waals surface area contributed by atoms with E-state index >= 15 is 0 Å². The van der Waals surface area contributed by atoms with Gasteiger partial charge < -0.3 is 14.5 Å². The quantitative estimate of drug-likeness (QED) is 0.0693. The predicted octanol–water partition coefficient (Wildman–Crippen LogP) is 11.2. The van der Waals surface area contributed by atoms with E-state index in [0.717, 1.165) is 48.1 Å². The van der Waals surface area contributed by atoms with Crippen LogP contribution in [-0.4, -0.2) is 32.0 Å². The molecule has 0 unspecified atom stereocenters. The summed E-state index contributed by atoms with van der Waals surface area (Å²) in [5.74, 6) is 0.547. The Kier molecular flexibility index (Phi) is 12.0. The maximum atomic E-state index is 11.7. The molecule has 0 saturated heterocycles. The normalized spacial score (nSPS) is 14.2. The van der Waals surface area contributed by atoms with Crippen molar-refractivity contribution in [3.05, 3.63) is 77.7 Å². The number of rotatable bonds is 9. The molecule has 0 fully saturated rings. The topological polar surface area (TPSA) is 63.3 Å². The van der Waals surface area contributed by atoms with E-state index in [1.807, 2.05) is 27.7 Å². The first-order chi connectivity index (χ1) is 23.0. The number of pyridine rings is 1. The molecule has 1 radical (unpaired) electrons. The van der Waals surface area contributed by atoms with Crippen molar-refractivity contribution in [1.82, 2.24) is 4.98 Å². The molecular weight excluding hydrogens is 827 g/mol. The smallest absolute Gasteiger partial charge is 0.162 e. The van der Waals surface area contributed by atoms with Crippen LogP contribution in [0.2, 0.25) is 39.3 Å². The van der Waals surface area contributed by atoms with Gasteiger partial charge in [-0.25, -0.2) is 0 Å². The van der Waals surface area contributed by atoms with Crippen LogP contribution in [0.15, 0.2) is 64.9 Å². The third-order valence-electron chi connectivity index (χ3n) is 10.7. The van der Waals surface area contributed by atoms with Gasteiger partial charge in [0.15, 0.2) is 5.78 Å². The fraction of sp³-hybridized carbons (Fsp3) is 0.442. The summed E-state index contributed by atoms with van der Waals surface area (Å²) in [5, 5.41) is 17.4. The second kappa shape index (κ2) is 15.0. The minimum atomic E-state index is -1.68. The number of hydrogen-bond acceptors (Lipinski definition) is 4. The number of aromatic nitrogens is 1. The number of furan rings is 1. The van der Waals surface area contributed by atoms with Crippen molar-refractivity contribution in [1.29, 1.82) is 0 Å². The number of ketones is 1. The van der Waals surface area contributed by atoms with Gasteiger partial charge in [-0.3, -0.25) is 4.79 Å². The predicted molar refractivity (Wildman–Crippen MR) is 215 cm³/mol. The van der Waals surface area contributed by atoms with Gasteiger partial charge in [-0.1, -0.05) is 128 Å². The van der Waals surface area contributed by atoms with E-state index in [0.29, 0.717) is 0 Å². The van der Waals surface area contributed by atoms with Gasteiger partial charge in [0.1, 0.15) is 11.2 Å². The fourth-order valence-electron chi connectivity index (χ4n) is 7.66. The van der Waals surface area contributed by atoms with Crippen molar-refractivity contribution >= 4 is 65.0 Å². The Labute approximate surface area is 315 Å². The number of fused-ring (bicyclic) bond motifs is 4. The zero-order valence-corrected chi connectivity index (χ0v) is 36.6. The maximum absolute atomic E-state index is 11.7. The third kappa shape index (κ3) is 7.13. The Morgan fingerprint density at radius 2 is 1.44 bits per heavy atom. The molecule has 269 valence electrons. The maximum Gasteiger partial charge on any atom is 0.162 e. The molecule has 4 nitrogen and oxygen atoms in total. The molecule has 50 heavy (non-hydrogen) atoms. The van der Waals surface area contributed by atoms with Gasteiger partial charge in [-0.2, -0.15) is 0 Å². The van der Waals surface area contributed by atoms with E-state index in [1.165, 1.54) is 49.1 Å². The van der Waals surface area contributed by atoms with Crippen LogP contribution in [0.1, 0.15) is 78.4 Å². The molecule has 2 heterocycles. The van der Waals surface area contributed by atoms with E-state index in [2.05, 4.69) is 108 Å². The Bertz CT molecular complexity index is 2050. The summed E-state index contributed by atoms with van der Waals surface area (Å²) in [4.78, 5) is 16.9. The van der Waals surface area contributed by atoms with Crippen molar-refractivity contribution in [2.24, 2.45) is 11.8 Å². The second-order valence-electron chi connectivity index (χ2n) is 16.4. The molecule has 5 aromatic rings. The molecule has 2 aromatic heterocycles. The first-order valence-corrected chi connectivity index (χ1v) is 25.3. The van der Waals surface area contributed by atoms with E-state index < -0.39 is 16.1 Å². The number of carbonyl (C=O) groups excluding carboxylic acids is 1. The standard InChI is InChI=1S/C30H32NOSi2.C13H24O2.Ir/c1-30(2)21-15-16-22(33(3,4)5)28-24(21)25-27(31-17-23(29(25)32-28)34(6,7)8)20-14-13-18-11-9-10-12-19(18)26(20)30;1-5-10(6-2)12(14)9-13(15)11(7-3)8-4;/h9-13,15-17H,1-8H3;9-11,14H,5-8H2,1-4H3;/q-1;;/b;12-9-;. The summed E-state index contributed by atoms with van der Waals surface area (Å²) in [6, 6.07) is 19.2. The number of aliphatic hydroxyl groups excluding tert-OH is 1. The van der Waals surface area contributed by atoms with Crippen molar-refractivity contribution in [3.8, 4) is 11.3 Å². The van der Waals surface area contributed by atoms with Crippen molar-refractivity contribution in [2.45, 2.75) is 112 Å². The molecule has 0 atom stereocenters. The van der Waals surface area contributed by atoms with E-state index in [4.69, 9.17) is 9.40 Å². The van der Waals surface area contributed by atoms with Crippen LogP contribution in [0.5, 0.6) is 0 Å². The molecule has 0 spiro atoms. The summed E-state index contributed by atoms with van der Waals surface area (Å²) in [6.45, 7) is 27.2. The number of carbonyl (C=O) groups is 1. The van der Waals surface area contributed by atoms with Crippen LogP contribution < -0.4 is 10.4 Å². The molecule has 3 aromatic carbocycles. The van der Waals surface area contributed by atoms with E-state index in [1.54, 1.807) is 0 Å². The number of benzene rings is 3. The van der Waals surface area contributed by atoms with Crippen LogP contribution in [0.25, 0.3) is 44.0 Å². The molecule has 1 aliphatic carbocycles. The summed E-state index contributed by atoms with van der Waals surface area (Å²) < 4.78 is 6.94. The molecule has 6 rings (SSSR count). The average Bonchev–Trinajstić information content (AvgIpc) is 3.40. The Hall–Kier alpha value is -2.84. The van der Waals surface area contributed by atoms with Crippen LogP contribution in [-0.2, 0) is 30.3 Å². The zero-order chi connectivity index (χ0) is 36.1. The summed E-state index contributed by atoms with van der Waals surface area (Å²) in [6.07, 6.45) is 7.01. The van der Waals surface area contributed by atoms with E-state index in [-0.39, 0.29) is 48.9 Å². The molecule has 0 aliphatic heterocycles. The molecule has 1 aliphatic rings. The SMILES string of the molecule is CC1(C)c2c([c-]cc3ccccc23)-c2ncc([Si](C)(C)C)c3oc4c([Si](C)(C)C)ccc1c4c23.CCC(CC)C(=O)/C=C(\O)C(CC)CC.[Ir]. The van der Waals surface area contributed by atoms with Gasteiger partial charge in [0.25, 0.3) is 0 Å². The van der Waals surface area contributed by atoms with Gasteiger partial charge in [0, 0.05) is 55.0 Å². The van der Waals surface area contributed by atoms with Gasteiger partial charge in [0.05, 0.1) is 21.9 Å². The Morgan fingerprint density at radius 3 is 2.02 bits per heavy atom. The second-order valence-corrected chi connectivity index (χ2v) is 26.5. The average molecular weight is 883 g/mol. The zero-order valence-electron chi connectivity index (χ0n) is 32.2. The number of hydrogen-bond donors (Lipinski definition) is 1. The van der Waals surface area contributed by atoms with Crippen LogP contribution in [0.4, 0.5) is 0 Å². The largest absolute Gasteiger partial charge is 0.512 e. The first kappa shape index (κ1) is 39.9. The first-order valence-electron chi connectivity index (χ1n) is 18.3. The van der Waals surface area contributed by atoms with Crippen molar-refractivity contribution < 1.29 is 34.4 Å². The Balaban J connectivity index is 0.000000301. The minimum Gasteiger partial charge on any atom is -0.512 e. The summed E-state index contributed by atoms with van der Waals surface area (Å²) in [7, 11) is -3.32. The Morgan fingerprint density at radius 1 is 0.860 bits per heavy atom. The number of allylic oxidation sites excluding steroid dienone is 2. The van der Waals surface area contributed by atoms with Crippen LogP contribution in [0, 0.1) is 17.9 Å². The van der Waals surface area contributed by atoms with Crippen LogP contribution in [0.3, 0.4) is 0 Å². The van der Waals surface area contributed by atoms with Gasteiger partial charge in [-0.05, 0) is 52.7 Å². The fourth-order valence-corrected chi connectivity index (χ4v) is 10.4. The van der Waals surface area contributed by atoms with E-state index in [9.17, 15) is 9.90 Å². The molecular formula is C43H56IrNO3Si2-. The van der Waals surface area contributed by atoms with Crippen LogP contribution >= 0.6 is 0 Å². The molecule has 1 N–H and O–H groups in total. The van der Waals surface area contributed by atoms with Gasteiger partial charge in [-0.15, -0.1) is 23.3 Å². The van der Waals surface area contributed by atoms with Crippen molar-refractivity contribution in [2.75, 3.05) is 0 Å².